The van der Waals surface area contributed by atoms with Crippen molar-refractivity contribution >= 4 is 10.0 Å². The highest BCUT2D eigenvalue weighted by Crippen LogP contribution is 2.33. The van der Waals surface area contributed by atoms with Gasteiger partial charge in [-0.3, -0.25) is 0 Å². The highest BCUT2D eigenvalue weighted by atomic mass is 32.2. The number of primary sulfonamides is 1. The largest absolute Gasteiger partial charge is 0.435 e. The van der Waals surface area contributed by atoms with E-state index in [4.69, 9.17) is 5.14 Å². The zero-order valence-electron chi connectivity index (χ0n) is 13.2. The van der Waals surface area contributed by atoms with Crippen LogP contribution in [0.15, 0.2) is 53.4 Å². The van der Waals surface area contributed by atoms with Gasteiger partial charge in [0.25, 0.3) is 0 Å². The summed E-state index contributed by atoms with van der Waals surface area (Å²) in [5.41, 5.74) is -1.65. The van der Waals surface area contributed by atoms with E-state index in [1.165, 1.54) is 12.1 Å². The molecule has 0 radical (unpaired) electrons. The molecule has 0 aliphatic carbocycles. The zero-order chi connectivity index (χ0) is 20.0. The first-order valence-corrected chi connectivity index (χ1v) is 8.77. The van der Waals surface area contributed by atoms with Crippen LogP contribution in [0.3, 0.4) is 0 Å². The van der Waals surface area contributed by atoms with Crippen molar-refractivity contribution in [2.24, 2.45) is 5.14 Å². The van der Waals surface area contributed by atoms with E-state index in [1.54, 1.807) is 0 Å². The molecule has 0 unspecified atom stereocenters. The first-order valence-electron chi connectivity index (χ1n) is 7.22. The number of rotatable bonds is 3. The number of alkyl halides is 3. The molecule has 0 aliphatic rings. The molecule has 5 nitrogen and oxygen atoms in total. The first kappa shape index (κ1) is 19.0. The van der Waals surface area contributed by atoms with E-state index in [2.05, 4.69) is 5.10 Å². The Bertz CT molecular complexity index is 1090. The minimum absolute atomic E-state index is 0.0394. The SMILES string of the molecule is NS(=O)(=O)c1ccc(-n2nc(C(F)(F)F)cc2-c2cc(F)cc(F)c2)cc1. The highest BCUT2D eigenvalue weighted by molar-refractivity contribution is 7.89. The molecule has 0 bridgehead atoms. The van der Waals surface area contributed by atoms with Crippen molar-refractivity contribution in [3.63, 3.8) is 0 Å². The van der Waals surface area contributed by atoms with Gasteiger partial charge in [-0.1, -0.05) is 0 Å². The van der Waals surface area contributed by atoms with Gasteiger partial charge in [0.2, 0.25) is 10.0 Å². The fourth-order valence-corrected chi connectivity index (χ4v) is 2.92. The van der Waals surface area contributed by atoms with Gasteiger partial charge >= 0.3 is 6.18 Å². The van der Waals surface area contributed by atoms with Crippen LogP contribution in [-0.2, 0) is 16.2 Å². The smallest absolute Gasteiger partial charge is 0.233 e. The summed E-state index contributed by atoms with van der Waals surface area (Å²) in [4.78, 5) is -0.257. The molecule has 0 fully saturated rings. The zero-order valence-corrected chi connectivity index (χ0v) is 14.0. The van der Waals surface area contributed by atoms with Crippen LogP contribution in [0, 0.1) is 11.6 Å². The van der Waals surface area contributed by atoms with Gasteiger partial charge in [-0.15, -0.1) is 0 Å². The monoisotopic (exact) mass is 403 g/mol. The van der Waals surface area contributed by atoms with Crippen LogP contribution in [0.4, 0.5) is 22.0 Å². The van der Waals surface area contributed by atoms with Crippen molar-refractivity contribution in [3.8, 4) is 16.9 Å². The predicted molar refractivity (Wildman–Crippen MR) is 85.3 cm³/mol. The van der Waals surface area contributed by atoms with E-state index in [1.807, 2.05) is 0 Å². The van der Waals surface area contributed by atoms with Gasteiger partial charge in [0.05, 0.1) is 16.3 Å². The lowest BCUT2D eigenvalue weighted by Crippen LogP contribution is -2.12. The average Bonchev–Trinajstić information content (AvgIpc) is 2.99. The highest BCUT2D eigenvalue weighted by Gasteiger charge is 2.35. The first-order chi connectivity index (χ1) is 12.4. The Kier molecular flexibility index (Phi) is 4.52. The van der Waals surface area contributed by atoms with Gasteiger partial charge in [0.15, 0.2) is 5.69 Å². The third kappa shape index (κ3) is 3.98. The van der Waals surface area contributed by atoms with Gasteiger partial charge in [-0.2, -0.15) is 18.3 Å². The third-order valence-electron chi connectivity index (χ3n) is 3.57. The molecule has 0 saturated carbocycles. The van der Waals surface area contributed by atoms with Crippen LogP contribution in [0.5, 0.6) is 0 Å². The third-order valence-corrected chi connectivity index (χ3v) is 4.50. The molecule has 2 aromatic carbocycles. The maximum Gasteiger partial charge on any atom is 0.435 e. The Morgan fingerprint density at radius 3 is 1.96 bits per heavy atom. The normalized spacial score (nSPS) is 12.4. The Labute approximate surface area is 149 Å². The summed E-state index contributed by atoms with van der Waals surface area (Å²) in [6.45, 7) is 0. The van der Waals surface area contributed by atoms with Crippen molar-refractivity contribution in [3.05, 3.63) is 65.9 Å². The summed E-state index contributed by atoms with van der Waals surface area (Å²) >= 11 is 0. The minimum atomic E-state index is -4.80. The summed E-state index contributed by atoms with van der Waals surface area (Å²) < 4.78 is 89.6. The fraction of sp³-hybridized carbons (Fsp3) is 0.0625. The summed E-state index contributed by atoms with van der Waals surface area (Å²) in [6.07, 6.45) is -4.80. The number of benzene rings is 2. The minimum Gasteiger partial charge on any atom is -0.233 e. The molecule has 0 spiro atoms. The van der Waals surface area contributed by atoms with Gasteiger partial charge in [-0.05, 0) is 42.5 Å². The quantitative estimate of drug-likeness (QED) is 0.680. The van der Waals surface area contributed by atoms with E-state index in [-0.39, 0.29) is 21.8 Å². The van der Waals surface area contributed by atoms with Crippen LogP contribution < -0.4 is 5.14 Å². The maximum atomic E-state index is 13.5. The van der Waals surface area contributed by atoms with Crippen molar-refractivity contribution in [1.29, 1.82) is 0 Å². The standard InChI is InChI=1S/C16H10F5N3O2S/c17-10-5-9(6-11(18)7-10)14-8-15(16(19,20)21)23-24(14)12-1-3-13(4-2-12)27(22,25)26/h1-8H,(H2,22,25,26). The number of nitrogens with two attached hydrogens (primary N) is 1. The van der Waals surface area contributed by atoms with E-state index >= 15 is 0 Å². The van der Waals surface area contributed by atoms with Gasteiger partial charge < -0.3 is 0 Å². The number of hydrogen-bond acceptors (Lipinski definition) is 3. The average molecular weight is 403 g/mol. The number of hydrogen-bond donors (Lipinski definition) is 1. The Morgan fingerprint density at radius 2 is 1.48 bits per heavy atom. The molecule has 142 valence electrons. The molecule has 2 N–H and O–H groups in total. The number of halogens is 5. The molecule has 0 amide bonds. The summed E-state index contributed by atoms with van der Waals surface area (Å²) in [5, 5.41) is 8.42. The van der Waals surface area contributed by atoms with Crippen LogP contribution in [0.2, 0.25) is 0 Å². The van der Waals surface area contributed by atoms with Crippen LogP contribution in [0.1, 0.15) is 5.69 Å². The molecular weight excluding hydrogens is 393 g/mol. The molecule has 0 atom stereocenters. The molecule has 3 rings (SSSR count). The van der Waals surface area contributed by atoms with Gasteiger partial charge in [0, 0.05) is 11.6 Å². The van der Waals surface area contributed by atoms with Gasteiger partial charge in [-0.25, -0.2) is 27.0 Å². The maximum absolute atomic E-state index is 13.5. The second-order valence-corrected chi connectivity index (χ2v) is 7.08. The lowest BCUT2D eigenvalue weighted by atomic mass is 10.1. The number of sulfonamides is 1. The van der Waals surface area contributed by atoms with Crippen LogP contribution >= 0.6 is 0 Å². The molecule has 11 heteroatoms. The van der Waals surface area contributed by atoms with E-state index < -0.39 is 33.5 Å². The van der Waals surface area contributed by atoms with Gasteiger partial charge in [0.1, 0.15) is 11.6 Å². The summed E-state index contributed by atoms with van der Waals surface area (Å²) in [7, 11) is -4.00. The lowest BCUT2D eigenvalue weighted by Gasteiger charge is -2.09. The second-order valence-electron chi connectivity index (χ2n) is 5.52. The van der Waals surface area contributed by atoms with E-state index in [0.29, 0.717) is 12.1 Å². The van der Waals surface area contributed by atoms with Crippen molar-refractivity contribution < 1.29 is 30.4 Å². The Hall–Kier alpha value is -2.79. The van der Waals surface area contributed by atoms with E-state index in [0.717, 1.165) is 28.9 Å². The second kappa shape index (κ2) is 6.43. The number of nitrogens with zero attached hydrogens (tertiary/aromatic N) is 2. The molecule has 1 aromatic heterocycles. The molecule has 1 heterocycles. The molecule has 27 heavy (non-hydrogen) atoms. The topological polar surface area (TPSA) is 78.0 Å². The van der Waals surface area contributed by atoms with Crippen LogP contribution in [0.25, 0.3) is 16.9 Å². The molecule has 0 saturated heterocycles. The molecule has 0 aliphatic heterocycles. The molecule has 3 aromatic rings. The van der Waals surface area contributed by atoms with E-state index in [9.17, 15) is 30.4 Å². The summed E-state index contributed by atoms with van der Waals surface area (Å²) in [5.74, 6) is -1.95. The molecular formula is C16H10F5N3O2S. The summed E-state index contributed by atoms with van der Waals surface area (Å²) in [6, 6.07) is 7.44. The van der Waals surface area contributed by atoms with Crippen molar-refractivity contribution in [2.45, 2.75) is 11.1 Å². The Balaban J connectivity index is 2.21. The number of aromatic nitrogens is 2. The van der Waals surface area contributed by atoms with Crippen molar-refractivity contribution in [2.75, 3.05) is 0 Å². The lowest BCUT2D eigenvalue weighted by molar-refractivity contribution is -0.141. The predicted octanol–water partition coefficient (Wildman–Crippen LogP) is 3.48. The van der Waals surface area contributed by atoms with Crippen LogP contribution in [-0.4, -0.2) is 18.2 Å². The Morgan fingerprint density at radius 1 is 0.926 bits per heavy atom. The fourth-order valence-electron chi connectivity index (χ4n) is 2.40. The van der Waals surface area contributed by atoms with Crippen molar-refractivity contribution in [1.82, 2.24) is 9.78 Å².